The van der Waals surface area contributed by atoms with Crippen molar-refractivity contribution in [2.75, 3.05) is 62.3 Å². The van der Waals surface area contributed by atoms with Crippen molar-refractivity contribution in [3.05, 3.63) is 23.8 Å². The summed E-state index contributed by atoms with van der Waals surface area (Å²) >= 11 is 0. The SMILES string of the molecule is CCC(CC)Nc1nc(NCCOCCOCCN)nc(NCc2ccc3c(c2)OCO3)n1. The fraction of sp³-hybridized carbons (Fsp3) is 0.591. The number of nitrogens with one attached hydrogen (secondary N) is 3. The van der Waals surface area contributed by atoms with Gasteiger partial charge >= 0.3 is 0 Å². The van der Waals surface area contributed by atoms with Crippen LogP contribution in [0.4, 0.5) is 17.8 Å². The summed E-state index contributed by atoms with van der Waals surface area (Å²) in [6.07, 6.45) is 1.95. The highest BCUT2D eigenvalue weighted by molar-refractivity contribution is 5.46. The number of hydrogen-bond acceptors (Lipinski definition) is 11. The normalized spacial score (nSPS) is 12.2. The summed E-state index contributed by atoms with van der Waals surface area (Å²) in [7, 11) is 0. The Morgan fingerprint density at radius 1 is 0.909 bits per heavy atom. The van der Waals surface area contributed by atoms with E-state index in [1.54, 1.807) is 0 Å². The van der Waals surface area contributed by atoms with Crippen LogP contribution in [-0.2, 0) is 16.0 Å². The van der Waals surface area contributed by atoms with Gasteiger partial charge in [-0.2, -0.15) is 15.0 Å². The van der Waals surface area contributed by atoms with Gasteiger partial charge < -0.3 is 40.6 Å². The lowest BCUT2D eigenvalue weighted by Crippen LogP contribution is -2.21. The quantitative estimate of drug-likeness (QED) is 0.274. The fourth-order valence-electron chi connectivity index (χ4n) is 3.15. The maximum atomic E-state index is 5.55. The highest BCUT2D eigenvalue weighted by Crippen LogP contribution is 2.32. The molecule has 0 fully saturated rings. The Morgan fingerprint density at radius 3 is 2.36 bits per heavy atom. The molecule has 1 aromatic heterocycles. The molecule has 0 aliphatic carbocycles. The Hall–Kier alpha value is -2.89. The van der Waals surface area contributed by atoms with Crippen LogP contribution >= 0.6 is 0 Å². The van der Waals surface area contributed by atoms with E-state index < -0.39 is 0 Å². The van der Waals surface area contributed by atoms with E-state index in [9.17, 15) is 0 Å². The predicted octanol–water partition coefficient (Wildman–Crippen LogP) is 2.22. The van der Waals surface area contributed by atoms with Gasteiger partial charge in [-0.3, -0.25) is 0 Å². The minimum Gasteiger partial charge on any atom is -0.454 e. The van der Waals surface area contributed by atoms with E-state index in [1.165, 1.54) is 0 Å². The van der Waals surface area contributed by atoms with Gasteiger partial charge in [0.1, 0.15) is 0 Å². The summed E-state index contributed by atoms with van der Waals surface area (Å²) < 4.78 is 21.7. The van der Waals surface area contributed by atoms with Crippen molar-refractivity contribution in [2.45, 2.75) is 39.3 Å². The number of fused-ring (bicyclic) bond motifs is 1. The van der Waals surface area contributed by atoms with E-state index in [0.717, 1.165) is 29.9 Å². The lowest BCUT2D eigenvalue weighted by molar-refractivity contribution is 0.0547. The highest BCUT2D eigenvalue weighted by atomic mass is 16.7. The lowest BCUT2D eigenvalue weighted by Gasteiger charge is -2.16. The molecule has 2 aromatic rings. The number of hydrogen-bond donors (Lipinski definition) is 4. The van der Waals surface area contributed by atoms with Gasteiger partial charge in [0, 0.05) is 25.7 Å². The summed E-state index contributed by atoms with van der Waals surface area (Å²) in [5.74, 6) is 3.00. The second-order valence-corrected chi connectivity index (χ2v) is 7.45. The van der Waals surface area contributed by atoms with Crippen LogP contribution in [0.5, 0.6) is 11.5 Å². The second-order valence-electron chi connectivity index (χ2n) is 7.45. The molecule has 0 amide bonds. The average Bonchev–Trinajstić information content (AvgIpc) is 3.31. The molecular formula is C22H35N7O4. The van der Waals surface area contributed by atoms with Crippen molar-refractivity contribution in [3.8, 4) is 11.5 Å². The van der Waals surface area contributed by atoms with E-state index in [1.807, 2.05) is 18.2 Å². The lowest BCUT2D eigenvalue weighted by atomic mass is 10.2. The van der Waals surface area contributed by atoms with E-state index in [4.69, 9.17) is 24.7 Å². The molecular weight excluding hydrogens is 426 g/mol. The Morgan fingerprint density at radius 2 is 1.61 bits per heavy atom. The van der Waals surface area contributed by atoms with E-state index >= 15 is 0 Å². The third-order valence-corrected chi connectivity index (χ3v) is 5.01. The zero-order valence-electron chi connectivity index (χ0n) is 19.4. The molecule has 0 bridgehead atoms. The van der Waals surface area contributed by atoms with E-state index in [0.29, 0.717) is 69.9 Å². The standard InChI is InChI=1S/C22H35N7O4/c1-3-17(4-2)26-22-28-20(24-8-10-31-12-11-30-9-7-23)27-21(29-22)25-14-16-5-6-18-19(13-16)33-15-32-18/h5-6,13,17H,3-4,7-12,14-15,23H2,1-2H3,(H3,24,25,26,27,28,29). The third-order valence-electron chi connectivity index (χ3n) is 5.01. The molecule has 0 atom stereocenters. The molecule has 0 unspecified atom stereocenters. The van der Waals surface area contributed by atoms with Crippen molar-refractivity contribution < 1.29 is 18.9 Å². The number of anilines is 3. The van der Waals surface area contributed by atoms with Crippen LogP contribution in [0.15, 0.2) is 18.2 Å². The first-order chi connectivity index (χ1) is 16.2. The van der Waals surface area contributed by atoms with Crippen molar-refractivity contribution in [3.63, 3.8) is 0 Å². The van der Waals surface area contributed by atoms with Crippen LogP contribution in [0.2, 0.25) is 0 Å². The van der Waals surface area contributed by atoms with Gasteiger partial charge in [-0.1, -0.05) is 19.9 Å². The highest BCUT2D eigenvalue weighted by Gasteiger charge is 2.14. The third kappa shape index (κ3) is 8.19. The Kier molecular flexibility index (Phi) is 10.2. The van der Waals surface area contributed by atoms with Crippen LogP contribution in [0, 0.1) is 0 Å². The van der Waals surface area contributed by atoms with Gasteiger partial charge in [0.25, 0.3) is 0 Å². The molecule has 33 heavy (non-hydrogen) atoms. The van der Waals surface area contributed by atoms with Gasteiger partial charge in [-0.15, -0.1) is 0 Å². The molecule has 1 aliphatic heterocycles. The van der Waals surface area contributed by atoms with Crippen LogP contribution in [0.3, 0.4) is 0 Å². The largest absolute Gasteiger partial charge is 0.454 e. The number of rotatable bonds is 16. The molecule has 0 saturated carbocycles. The van der Waals surface area contributed by atoms with Crippen molar-refractivity contribution in [2.24, 2.45) is 5.73 Å². The topological polar surface area (TPSA) is 138 Å². The Bertz CT molecular complexity index is 851. The van der Waals surface area contributed by atoms with Gasteiger partial charge in [-0.25, -0.2) is 0 Å². The van der Waals surface area contributed by atoms with Gasteiger partial charge in [-0.05, 0) is 30.5 Å². The van der Waals surface area contributed by atoms with Crippen molar-refractivity contribution in [1.82, 2.24) is 15.0 Å². The Labute approximate surface area is 194 Å². The molecule has 182 valence electrons. The van der Waals surface area contributed by atoms with Crippen LogP contribution in [0.1, 0.15) is 32.3 Å². The molecule has 0 saturated heterocycles. The maximum absolute atomic E-state index is 5.55. The van der Waals surface area contributed by atoms with Crippen LogP contribution in [0.25, 0.3) is 0 Å². The minimum atomic E-state index is 0.254. The van der Waals surface area contributed by atoms with E-state index in [2.05, 4.69) is 44.7 Å². The monoisotopic (exact) mass is 461 g/mol. The first-order valence-corrected chi connectivity index (χ1v) is 11.5. The number of nitrogens with zero attached hydrogens (tertiary/aromatic N) is 3. The van der Waals surface area contributed by atoms with Crippen molar-refractivity contribution >= 4 is 17.8 Å². The summed E-state index contributed by atoms with van der Waals surface area (Å²) in [6.45, 7) is 8.23. The number of benzene rings is 1. The Balaban J connectivity index is 1.57. The van der Waals surface area contributed by atoms with Crippen LogP contribution in [-0.4, -0.2) is 67.3 Å². The van der Waals surface area contributed by atoms with E-state index in [-0.39, 0.29) is 6.79 Å². The smallest absolute Gasteiger partial charge is 0.231 e. The predicted molar refractivity (Wildman–Crippen MR) is 127 cm³/mol. The average molecular weight is 462 g/mol. The summed E-state index contributed by atoms with van der Waals surface area (Å²) in [6, 6.07) is 6.13. The first-order valence-electron chi connectivity index (χ1n) is 11.5. The number of ether oxygens (including phenoxy) is 4. The molecule has 2 heterocycles. The molecule has 11 nitrogen and oxygen atoms in total. The van der Waals surface area contributed by atoms with Gasteiger partial charge in [0.15, 0.2) is 11.5 Å². The zero-order chi connectivity index (χ0) is 23.3. The van der Waals surface area contributed by atoms with Gasteiger partial charge in [0.2, 0.25) is 24.6 Å². The maximum Gasteiger partial charge on any atom is 0.231 e. The molecule has 11 heteroatoms. The van der Waals surface area contributed by atoms with Gasteiger partial charge in [0.05, 0.1) is 26.4 Å². The molecule has 0 radical (unpaired) electrons. The number of nitrogens with two attached hydrogens (primary N) is 1. The second kappa shape index (κ2) is 13.6. The fourth-order valence-corrected chi connectivity index (χ4v) is 3.15. The molecule has 1 aliphatic rings. The molecule has 1 aromatic carbocycles. The number of aromatic nitrogens is 3. The molecule has 5 N–H and O–H groups in total. The molecule has 3 rings (SSSR count). The van der Waals surface area contributed by atoms with Crippen LogP contribution < -0.4 is 31.2 Å². The minimum absolute atomic E-state index is 0.254. The summed E-state index contributed by atoms with van der Waals surface area (Å²) in [5, 5.41) is 9.87. The zero-order valence-corrected chi connectivity index (χ0v) is 19.4. The molecule has 0 spiro atoms. The van der Waals surface area contributed by atoms with Crippen molar-refractivity contribution in [1.29, 1.82) is 0 Å². The summed E-state index contributed by atoms with van der Waals surface area (Å²) in [5.41, 5.74) is 6.42. The first kappa shape index (κ1) is 24.7. The summed E-state index contributed by atoms with van der Waals surface area (Å²) in [4.78, 5) is 13.6.